The van der Waals surface area contributed by atoms with Crippen molar-refractivity contribution in [3.63, 3.8) is 0 Å². The zero-order valence-electron chi connectivity index (χ0n) is 19.5. The van der Waals surface area contributed by atoms with E-state index in [1.165, 1.54) is 0 Å². The topological polar surface area (TPSA) is 79.3 Å². The number of fused-ring (bicyclic) bond motifs is 1. The van der Waals surface area contributed by atoms with Gasteiger partial charge in [-0.3, -0.25) is 4.79 Å². The fourth-order valence-corrected chi connectivity index (χ4v) is 7.01. The van der Waals surface area contributed by atoms with Crippen molar-refractivity contribution >= 4 is 23.6 Å². The highest BCUT2D eigenvalue weighted by Gasteiger charge is 2.61. The van der Waals surface area contributed by atoms with Crippen molar-refractivity contribution in [2.75, 3.05) is 20.0 Å². The van der Waals surface area contributed by atoms with E-state index in [1.807, 2.05) is 53.4 Å². The number of rotatable bonds is 6. The Morgan fingerprint density at radius 3 is 2.26 bits per heavy atom. The zero-order chi connectivity index (χ0) is 23.9. The molecule has 1 aliphatic carbocycles. The number of hydrogen-bond donors (Lipinski definition) is 1. The van der Waals surface area contributed by atoms with Gasteiger partial charge in [0.1, 0.15) is 22.5 Å². The summed E-state index contributed by atoms with van der Waals surface area (Å²) in [5, 5.41) is 11.6. The Kier molecular flexibility index (Phi) is 6.20. The molecule has 2 heterocycles. The maximum Gasteiger partial charge on any atom is 0.322 e. The van der Waals surface area contributed by atoms with Gasteiger partial charge in [0.15, 0.2) is 5.78 Å². The average Bonchev–Trinajstić information content (AvgIpc) is 3.41. The first-order chi connectivity index (χ1) is 16.5. The Bertz CT molecular complexity index is 1060. The van der Waals surface area contributed by atoms with E-state index in [-0.39, 0.29) is 23.2 Å². The SMILES string of the molecule is COc1ccc(CN2C(=O)N3C(c4ccc(OC)cc4)SC[C@H]3[C@@H]2C2(O)CCCCC2=O)cc1. The van der Waals surface area contributed by atoms with Crippen LogP contribution in [0.3, 0.4) is 0 Å². The molecule has 2 saturated heterocycles. The number of carbonyl (C=O) groups is 2. The minimum absolute atomic E-state index is 0.136. The number of thioether (sulfide) groups is 1. The molecule has 1 saturated carbocycles. The number of nitrogens with zero attached hydrogens (tertiary/aromatic N) is 2. The molecule has 2 aromatic rings. The molecular formula is C26H30N2O5S. The first kappa shape index (κ1) is 23.1. The highest BCUT2D eigenvalue weighted by molar-refractivity contribution is 7.99. The minimum Gasteiger partial charge on any atom is -0.497 e. The molecule has 2 aliphatic heterocycles. The van der Waals surface area contributed by atoms with E-state index in [0.717, 1.165) is 35.5 Å². The van der Waals surface area contributed by atoms with Crippen molar-refractivity contribution in [2.24, 2.45) is 0 Å². The molecule has 0 bridgehead atoms. The zero-order valence-corrected chi connectivity index (χ0v) is 20.3. The molecule has 180 valence electrons. The monoisotopic (exact) mass is 482 g/mol. The molecule has 0 spiro atoms. The van der Waals surface area contributed by atoms with Crippen LogP contribution in [0.1, 0.15) is 42.2 Å². The maximum absolute atomic E-state index is 13.9. The fourth-order valence-electron chi connectivity index (χ4n) is 5.53. The van der Waals surface area contributed by atoms with Crippen LogP contribution in [0.2, 0.25) is 0 Å². The van der Waals surface area contributed by atoms with Crippen molar-refractivity contribution in [1.82, 2.24) is 9.80 Å². The second kappa shape index (κ2) is 9.15. The molecule has 1 N–H and O–H groups in total. The van der Waals surface area contributed by atoms with Crippen LogP contribution in [0.15, 0.2) is 48.5 Å². The van der Waals surface area contributed by atoms with Crippen LogP contribution in [0, 0.1) is 0 Å². The summed E-state index contributed by atoms with van der Waals surface area (Å²) in [5.74, 6) is 2.03. The molecule has 2 amide bonds. The fraction of sp³-hybridized carbons (Fsp3) is 0.462. The molecule has 3 aliphatic rings. The number of aliphatic hydroxyl groups is 1. The van der Waals surface area contributed by atoms with Gasteiger partial charge in [-0.15, -0.1) is 11.8 Å². The van der Waals surface area contributed by atoms with Gasteiger partial charge in [-0.1, -0.05) is 24.3 Å². The molecule has 0 radical (unpaired) electrons. The summed E-state index contributed by atoms with van der Waals surface area (Å²) in [6.07, 6.45) is 2.33. The second-order valence-corrected chi connectivity index (χ2v) is 10.3. The van der Waals surface area contributed by atoms with Crippen LogP contribution in [0.5, 0.6) is 11.5 Å². The van der Waals surface area contributed by atoms with E-state index in [2.05, 4.69) is 0 Å². The molecule has 5 rings (SSSR count). The Labute approximate surface area is 204 Å². The number of amides is 2. The first-order valence-corrected chi connectivity index (χ1v) is 12.7. The van der Waals surface area contributed by atoms with E-state index in [1.54, 1.807) is 30.9 Å². The normalized spacial score (nSPS) is 28.9. The predicted molar refractivity (Wildman–Crippen MR) is 130 cm³/mol. The summed E-state index contributed by atoms with van der Waals surface area (Å²) in [5.41, 5.74) is 0.421. The van der Waals surface area contributed by atoms with Gasteiger partial charge in [0.25, 0.3) is 0 Å². The quantitative estimate of drug-likeness (QED) is 0.671. The third kappa shape index (κ3) is 3.82. The van der Waals surface area contributed by atoms with Crippen LogP contribution < -0.4 is 9.47 Å². The summed E-state index contributed by atoms with van der Waals surface area (Å²) in [6, 6.07) is 14.4. The van der Waals surface area contributed by atoms with E-state index < -0.39 is 11.6 Å². The first-order valence-electron chi connectivity index (χ1n) is 11.7. The average molecular weight is 483 g/mol. The van der Waals surface area contributed by atoms with E-state index >= 15 is 0 Å². The number of ether oxygens (including phenoxy) is 2. The third-order valence-corrected chi connectivity index (χ3v) is 8.65. The van der Waals surface area contributed by atoms with Crippen molar-refractivity contribution < 1.29 is 24.2 Å². The Morgan fingerprint density at radius 2 is 1.65 bits per heavy atom. The van der Waals surface area contributed by atoms with E-state index in [4.69, 9.17) is 9.47 Å². The highest BCUT2D eigenvalue weighted by atomic mass is 32.2. The van der Waals surface area contributed by atoms with Crippen molar-refractivity contribution in [2.45, 2.75) is 55.3 Å². The summed E-state index contributed by atoms with van der Waals surface area (Å²) >= 11 is 1.68. The van der Waals surface area contributed by atoms with Crippen molar-refractivity contribution in [3.8, 4) is 11.5 Å². The summed E-state index contributed by atoms with van der Waals surface area (Å²) in [7, 11) is 3.24. The van der Waals surface area contributed by atoms with Crippen molar-refractivity contribution in [3.05, 3.63) is 59.7 Å². The molecule has 2 aromatic carbocycles. The number of urea groups is 1. The van der Waals surface area contributed by atoms with Crippen LogP contribution in [-0.2, 0) is 11.3 Å². The number of carbonyl (C=O) groups excluding carboxylic acids is 2. The van der Waals surface area contributed by atoms with Crippen LogP contribution >= 0.6 is 11.8 Å². The molecule has 4 atom stereocenters. The number of methoxy groups -OCH3 is 2. The second-order valence-electron chi connectivity index (χ2n) is 9.19. The largest absolute Gasteiger partial charge is 0.497 e. The number of benzene rings is 2. The Morgan fingerprint density at radius 1 is 1.00 bits per heavy atom. The van der Waals surface area contributed by atoms with Crippen LogP contribution in [0.25, 0.3) is 0 Å². The molecular weight excluding hydrogens is 452 g/mol. The van der Waals surface area contributed by atoms with Gasteiger partial charge in [-0.05, 0) is 54.7 Å². The minimum atomic E-state index is -1.52. The van der Waals surface area contributed by atoms with Crippen LogP contribution in [-0.4, -0.2) is 64.4 Å². The molecule has 2 unspecified atom stereocenters. The van der Waals surface area contributed by atoms with Gasteiger partial charge < -0.3 is 24.4 Å². The summed E-state index contributed by atoms with van der Waals surface area (Å²) in [4.78, 5) is 30.6. The van der Waals surface area contributed by atoms with Crippen LogP contribution in [0.4, 0.5) is 4.79 Å². The van der Waals surface area contributed by atoms with E-state index in [9.17, 15) is 14.7 Å². The Balaban J connectivity index is 1.50. The third-order valence-electron chi connectivity index (χ3n) is 7.30. The van der Waals surface area contributed by atoms with Crippen molar-refractivity contribution in [1.29, 1.82) is 0 Å². The van der Waals surface area contributed by atoms with Gasteiger partial charge >= 0.3 is 6.03 Å². The summed E-state index contributed by atoms with van der Waals surface area (Å²) in [6.45, 7) is 0.329. The van der Waals surface area contributed by atoms with Gasteiger partial charge in [-0.25, -0.2) is 4.79 Å². The lowest BCUT2D eigenvalue weighted by Gasteiger charge is -2.41. The lowest BCUT2D eigenvalue weighted by molar-refractivity contribution is -0.148. The standard InChI is InChI=1S/C26H30N2O5S/c1-32-19-10-6-17(7-11-19)15-27-23(26(31)14-4-3-5-22(26)29)21-16-34-24(28(21)25(27)30)18-8-12-20(33-2)13-9-18/h6-13,21,23-24,31H,3-5,14-16H2,1-2H3/t21-,23+,24?,26?/m0/s1. The predicted octanol–water partition coefficient (Wildman–Crippen LogP) is 4.00. The van der Waals surface area contributed by atoms with Gasteiger partial charge in [0.05, 0.1) is 26.3 Å². The Hall–Kier alpha value is -2.71. The number of hydrogen-bond acceptors (Lipinski definition) is 6. The maximum atomic E-state index is 13.9. The molecule has 34 heavy (non-hydrogen) atoms. The molecule has 7 nitrogen and oxygen atoms in total. The van der Waals surface area contributed by atoms with E-state index in [0.29, 0.717) is 25.1 Å². The summed E-state index contributed by atoms with van der Waals surface area (Å²) < 4.78 is 10.5. The van der Waals surface area contributed by atoms with Gasteiger partial charge in [-0.2, -0.15) is 0 Å². The smallest absolute Gasteiger partial charge is 0.322 e. The lowest BCUT2D eigenvalue weighted by Crippen LogP contribution is -2.60. The molecule has 0 aromatic heterocycles. The van der Waals surface area contributed by atoms with Gasteiger partial charge in [0.2, 0.25) is 0 Å². The molecule has 3 fully saturated rings. The van der Waals surface area contributed by atoms with Gasteiger partial charge in [0, 0.05) is 18.7 Å². The highest BCUT2D eigenvalue weighted by Crippen LogP contribution is 2.50. The number of Topliss-reactive ketones (excluding diaryl/α,β-unsaturated/α-hetero) is 1. The number of ketones is 1. The lowest BCUT2D eigenvalue weighted by atomic mass is 9.75. The molecule has 8 heteroatoms.